The first-order chi connectivity index (χ1) is 8.69. The lowest BCUT2D eigenvalue weighted by molar-refractivity contribution is 0.0992. The van der Waals surface area contributed by atoms with Gasteiger partial charge in [0.25, 0.3) is 0 Å². The Morgan fingerprint density at radius 3 is 2.67 bits per heavy atom. The lowest BCUT2D eigenvalue weighted by Gasteiger charge is -2.03. The van der Waals surface area contributed by atoms with Gasteiger partial charge in [0.2, 0.25) is 0 Å². The number of hydrogen-bond acceptors (Lipinski definition) is 3. The van der Waals surface area contributed by atoms with Gasteiger partial charge in [-0.25, -0.2) is 0 Å². The van der Waals surface area contributed by atoms with Crippen LogP contribution in [-0.2, 0) is 6.42 Å². The Labute approximate surface area is 114 Å². The van der Waals surface area contributed by atoms with Gasteiger partial charge in [-0.05, 0) is 18.2 Å². The van der Waals surface area contributed by atoms with Crippen LogP contribution in [0.4, 0.5) is 0 Å². The van der Waals surface area contributed by atoms with Crippen LogP contribution in [0, 0.1) is 0 Å². The summed E-state index contributed by atoms with van der Waals surface area (Å²) in [4.78, 5) is 16.2. The fourth-order valence-corrected chi connectivity index (χ4v) is 1.85. The Hall–Kier alpha value is -1.68. The van der Waals surface area contributed by atoms with Gasteiger partial charge >= 0.3 is 0 Å². The van der Waals surface area contributed by atoms with Crippen LogP contribution in [0.1, 0.15) is 16.1 Å². The minimum Gasteiger partial charge on any atom is -0.497 e. The number of methoxy groups -OCH3 is 1. The standard InChI is InChI=1S/C14H12BrNO2/c1-18-13-6-7-16-12(8-13)9-14(17)10-2-4-11(15)5-3-10/h2-8H,9H2,1H3. The number of Topliss-reactive ketones (excluding diaryl/α,β-unsaturated/α-hetero) is 1. The highest BCUT2D eigenvalue weighted by Gasteiger charge is 2.08. The fraction of sp³-hybridized carbons (Fsp3) is 0.143. The minimum atomic E-state index is 0.0447. The van der Waals surface area contributed by atoms with Crippen LogP contribution in [0.5, 0.6) is 5.75 Å². The van der Waals surface area contributed by atoms with Crippen molar-refractivity contribution in [2.45, 2.75) is 6.42 Å². The van der Waals surface area contributed by atoms with E-state index in [4.69, 9.17) is 4.74 Å². The van der Waals surface area contributed by atoms with Crippen molar-refractivity contribution in [1.29, 1.82) is 0 Å². The molecule has 1 heterocycles. The number of halogens is 1. The van der Waals surface area contributed by atoms with Gasteiger partial charge in [0.1, 0.15) is 5.75 Å². The molecule has 0 bridgehead atoms. The number of carbonyl (C=O) groups is 1. The zero-order valence-electron chi connectivity index (χ0n) is 9.89. The summed E-state index contributed by atoms with van der Waals surface area (Å²) in [6.45, 7) is 0. The van der Waals surface area contributed by atoms with Crippen LogP contribution in [0.2, 0.25) is 0 Å². The van der Waals surface area contributed by atoms with E-state index < -0.39 is 0 Å². The van der Waals surface area contributed by atoms with Gasteiger partial charge in [-0.15, -0.1) is 0 Å². The van der Waals surface area contributed by atoms with Gasteiger partial charge in [0.05, 0.1) is 19.2 Å². The van der Waals surface area contributed by atoms with Crippen LogP contribution in [0.15, 0.2) is 47.1 Å². The predicted octanol–water partition coefficient (Wildman–Crippen LogP) is 3.28. The summed E-state index contributed by atoms with van der Waals surface area (Å²) in [7, 11) is 1.59. The monoisotopic (exact) mass is 305 g/mol. The summed E-state index contributed by atoms with van der Waals surface area (Å²) >= 11 is 3.34. The zero-order chi connectivity index (χ0) is 13.0. The summed E-state index contributed by atoms with van der Waals surface area (Å²) in [6, 6.07) is 10.8. The molecule has 1 aromatic carbocycles. The van der Waals surface area contributed by atoms with E-state index in [1.807, 2.05) is 12.1 Å². The maximum atomic E-state index is 12.0. The van der Waals surface area contributed by atoms with Crippen molar-refractivity contribution in [2.75, 3.05) is 7.11 Å². The Balaban J connectivity index is 2.13. The third kappa shape index (κ3) is 3.17. The summed E-state index contributed by atoms with van der Waals surface area (Å²) in [6.07, 6.45) is 1.92. The summed E-state index contributed by atoms with van der Waals surface area (Å²) in [5.41, 5.74) is 1.39. The molecular weight excluding hydrogens is 294 g/mol. The molecule has 2 rings (SSSR count). The Morgan fingerprint density at radius 2 is 2.00 bits per heavy atom. The molecule has 0 fully saturated rings. The SMILES string of the molecule is COc1ccnc(CC(=O)c2ccc(Br)cc2)c1. The number of pyridine rings is 1. The molecule has 0 aliphatic heterocycles. The van der Waals surface area contributed by atoms with Crippen molar-refractivity contribution >= 4 is 21.7 Å². The Bertz CT molecular complexity index is 552. The largest absolute Gasteiger partial charge is 0.497 e. The number of nitrogens with zero attached hydrogens (tertiary/aromatic N) is 1. The van der Waals surface area contributed by atoms with Crippen LogP contribution in [-0.4, -0.2) is 17.9 Å². The van der Waals surface area contributed by atoms with E-state index in [9.17, 15) is 4.79 Å². The third-order valence-corrected chi connectivity index (χ3v) is 3.06. The molecule has 92 valence electrons. The molecule has 0 amide bonds. The topological polar surface area (TPSA) is 39.2 Å². The van der Waals surface area contributed by atoms with Crippen LogP contribution in [0.25, 0.3) is 0 Å². The Morgan fingerprint density at radius 1 is 1.28 bits per heavy atom. The fourth-order valence-electron chi connectivity index (χ4n) is 1.58. The van der Waals surface area contributed by atoms with E-state index in [-0.39, 0.29) is 12.2 Å². The summed E-state index contributed by atoms with van der Waals surface area (Å²) in [5, 5.41) is 0. The molecule has 2 aromatic rings. The average molecular weight is 306 g/mol. The highest BCUT2D eigenvalue weighted by Crippen LogP contribution is 2.14. The molecule has 0 radical (unpaired) electrons. The maximum Gasteiger partial charge on any atom is 0.168 e. The highest BCUT2D eigenvalue weighted by atomic mass is 79.9. The molecule has 0 saturated heterocycles. The number of benzene rings is 1. The molecule has 18 heavy (non-hydrogen) atoms. The van der Waals surface area contributed by atoms with E-state index in [2.05, 4.69) is 20.9 Å². The number of carbonyl (C=O) groups excluding carboxylic acids is 1. The molecule has 0 N–H and O–H groups in total. The number of rotatable bonds is 4. The molecule has 0 aliphatic rings. The van der Waals surface area contributed by atoms with Crippen LogP contribution >= 0.6 is 15.9 Å². The first kappa shape index (κ1) is 12.8. The van der Waals surface area contributed by atoms with Crippen molar-refractivity contribution in [1.82, 2.24) is 4.98 Å². The molecule has 4 heteroatoms. The quantitative estimate of drug-likeness (QED) is 0.814. The first-order valence-electron chi connectivity index (χ1n) is 5.47. The van der Waals surface area contributed by atoms with E-state index in [0.29, 0.717) is 17.0 Å². The second-order valence-electron chi connectivity index (χ2n) is 3.79. The number of aromatic nitrogens is 1. The lowest BCUT2D eigenvalue weighted by atomic mass is 10.1. The smallest absolute Gasteiger partial charge is 0.168 e. The molecule has 0 unspecified atom stereocenters. The van der Waals surface area contributed by atoms with Gasteiger partial charge in [0, 0.05) is 22.3 Å². The van der Waals surface area contributed by atoms with E-state index in [1.54, 1.807) is 37.6 Å². The molecule has 0 atom stereocenters. The van der Waals surface area contributed by atoms with Crippen LogP contribution < -0.4 is 4.74 Å². The minimum absolute atomic E-state index is 0.0447. The number of hydrogen-bond donors (Lipinski definition) is 0. The summed E-state index contributed by atoms with van der Waals surface area (Å²) in [5.74, 6) is 0.756. The van der Waals surface area contributed by atoms with Crippen LogP contribution in [0.3, 0.4) is 0 Å². The van der Waals surface area contributed by atoms with Gasteiger partial charge in [0.15, 0.2) is 5.78 Å². The summed E-state index contributed by atoms with van der Waals surface area (Å²) < 4.78 is 6.06. The van der Waals surface area contributed by atoms with E-state index in [1.165, 1.54) is 0 Å². The second kappa shape index (κ2) is 5.78. The molecule has 0 saturated carbocycles. The van der Waals surface area contributed by atoms with Crippen molar-refractivity contribution in [3.63, 3.8) is 0 Å². The van der Waals surface area contributed by atoms with Crippen molar-refractivity contribution in [3.05, 3.63) is 58.3 Å². The van der Waals surface area contributed by atoms with Gasteiger partial charge in [-0.2, -0.15) is 0 Å². The van der Waals surface area contributed by atoms with E-state index >= 15 is 0 Å². The number of ketones is 1. The predicted molar refractivity (Wildman–Crippen MR) is 73.0 cm³/mol. The Kier molecular flexibility index (Phi) is 4.10. The lowest BCUT2D eigenvalue weighted by Crippen LogP contribution is -2.05. The van der Waals surface area contributed by atoms with Gasteiger partial charge in [-0.3, -0.25) is 9.78 Å². The molecule has 3 nitrogen and oxygen atoms in total. The van der Waals surface area contributed by atoms with Crippen molar-refractivity contribution in [3.8, 4) is 5.75 Å². The third-order valence-electron chi connectivity index (χ3n) is 2.53. The molecular formula is C14H12BrNO2. The maximum absolute atomic E-state index is 12.0. The second-order valence-corrected chi connectivity index (χ2v) is 4.71. The van der Waals surface area contributed by atoms with Gasteiger partial charge < -0.3 is 4.74 Å². The molecule has 0 aliphatic carbocycles. The first-order valence-corrected chi connectivity index (χ1v) is 6.26. The molecule has 1 aromatic heterocycles. The van der Waals surface area contributed by atoms with Gasteiger partial charge in [-0.1, -0.05) is 28.1 Å². The van der Waals surface area contributed by atoms with Crippen molar-refractivity contribution in [2.24, 2.45) is 0 Å². The highest BCUT2D eigenvalue weighted by molar-refractivity contribution is 9.10. The normalized spacial score (nSPS) is 10.1. The molecule has 0 spiro atoms. The number of ether oxygens (including phenoxy) is 1. The van der Waals surface area contributed by atoms with E-state index in [0.717, 1.165) is 4.47 Å². The average Bonchev–Trinajstić information content (AvgIpc) is 2.39. The zero-order valence-corrected chi connectivity index (χ0v) is 11.5. The van der Waals surface area contributed by atoms with Crippen molar-refractivity contribution < 1.29 is 9.53 Å².